The number of methoxy groups -OCH3 is 1. The Morgan fingerprint density at radius 3 is 2.53 bits per heavy atom. The van der Waals surface area contributed by atoms with Crippen LogP contribution >= 0.6 is 0 Å². The average Bonchev–Trinajstić information content (AvgIpc) is 3.44. The number of pyridine rings is 1. The lowest BCUT2D eigenvalue weighted by Crippen LogP contribution is -2.21. The molecule has 0 atom stereocenters. The molecule has 1 aromatic carbocycles. The number of anilines is 1. The number of benzene rings is 1. The molecule has 0 spiro atoms. The van der Waals surface area contributed by atoms with Gasteiger partial charge in [0.2, 0.25) is 0 Å². The first kappa shape index (κ1) is 26.1. The van der Waals surface area contributed by atoms with Crippen molar-refractivity contribution in [3.05, 3.63) is 23.3 Å². The van der Waals surface area contributed by atoms with Gasteiger partial charge in [-0.25, -0.2) is 4.98 Å². The molecule has 4 rings (SSSR count). The molecule has 2 heterocycles. The lowest BCUT2D eigenvalue weighted by molar-refractivity contribution is -0.122. The number of ether oxygens (including phenoxy) is 2. The molecule has 2 aromatic rings. The number of nitrogens with one attached hydrogen (secondary N) is 1. The molecule has 2 aliphatic rings. The van der Waals surface area contributed by atoms with Crippen molar-refractivity contribution in [1.29, 1.82) is 0 Å². The second-order valence-corrected chi connectivity index (χ2v) is 10.1. The van der Waals surface area contributed by atoms with Gasteiger partial charge in [-0.1, -0.05) is 27.2 Å². The van der Waals surface area contributed by atoms with Crippen molar-refractivity contribution in [2.24, 2.45) is 5.41 Å². The minimum atomic E-state index is -0.250. The number of fused-ring (bicyclic) bond motifs is 3. The Kier molecular flexibility index (Phi) is 9.39. The molecule has 0 amide bonds. The summed E-state index contributed by atoms with van der Waals surface area (Å²) < 4.78 is 11.9. The number of carbonyl (C=O) groups is 1. The Balaban J connectivity index is 0.00000103. The van der Waals surface area contributed by atoms with Gasteiger partial charge in [-0.05, 0) is 74.2 Å². The highest BCUT2D eigenvalue weighted by atomic mass is 16.5. The highest BCUT2D eigenvalue weighted by Gasteiger charge is 2.33. The third-order valence-electron chi connectivity index (χ3n) is 6.70. The van der Waals surface area contributed by atoms with E-state index < -0.39 is 0 Å². The molecule has 0 saturated carbocycles. The zero-order chi connectivity index (χ0) is 24.6. The fourth-order valence-electron chi connectivity index (χ4n) is 5.07. The smallest absolute Gasteiger partial charge is 0.290 e. The number of carboxylic acid groups (broad SMARTS) is 1. The molecule has 7 heteroatoms. The molecular formula is C27H41N3O4. The molecule has 1 aromatic heterocycles. The van der Waals surface area contributed by atoms with Gasteiger partial charge in [0.1, 0.15) is 5.82 Å². The van der Waals surface area contributed by atoms with E-state index in [9.17, 15) is 0 Å². The van der Waals surface area contributed by atoms with E-state index in [1.165, 1.54) is 48.9 Å². The standard InChI is InChI=1S/C26H39N3O2.CH2O2/c1-5-6-10-27-25-21-18-26(2,3)17-20(21)19-15-23(30-4)24(16-22(19)28-25)31-14-9-13-29-11-7-8-12-29;2-1-3/h15-16H,5-14,17-18H2,1-4H3,(H,27,28);1H,(H,2,3). The van der Waals surface area contributed by atoms with Gasteiger partial charge in [-0.3, -0.25) is 4.79 Å². The Morgan fingerprint density at radius 1 is 1.15 bits per heavy atom. The van der Waals surface area contributed by atoms with Crippen molar-refractivity contribution in [2.45, 2.75) is 65.7 Å². The summed E-state index contributed by atoms with van der Waals surface area (Å²) in [7, 11) is 1.73. The summed E-state index contributed by atoms with van der Waals surface area (Å²) in [5.41, 5.74) is 4.07. The van der Waals surface area contributed by atoms with Gasteiger partial charge in [-0.2, -0.15) is 0 Å². The van der Waals surface area contributed by atoms with E-state index in [1.807, 2.05) is 0 Å². The average molecular weight is 472 g/mol. The Morgan fingerprint density at radius 2 is 1.85 bits per heavy atom. The minimum Gasteiger partial charge on any atom is -0.493 e. The number of nitrogens with zero attached hydrogens (tertiary/aromatic N) is 2. The largest absolute Gasteiger partial charge is 0.493 e. The maximum atomic E-state index is 8.36. The van der Waals surface area contributed by atoms with Crippen molar-refractivity contribution in [2.75, 3.05) is 45.2 Å². The minimum absolute atomic E-state index is 0.250. The van der Waals surface area contributed by atoms with Crippen LogP contribution in [0.2, 0.25) is 0 Å². The summed E-state index contributed by atoms with van der Waals surface area (Å²) in [6.07, 6.45) is 8.19. The molecule has 2 N–H and O–H groups in total. The van der Waals surface area contributed by atoms with Crippen LogP contribution in [0.5, 0.6) is 11.5 Å². The topological polar surface area (TPSA) is 83.9 Å². The lowest BCUT2D eigenvalue weighted by atomic mass is 9.90. The van der Waals surface area contributed by atoms with Crippen LogP contribution < -0.4 is 14.8 Å². The normalized spacial score (nSPS) is 16.6. The first-order valence-electron chi connectivity index (χ1n) is 12.6. The van der Waals surface area contributed by atoms with Crippen molar-refractivity contribution < 1.29 is 19.4 Å². The fourth-order valence-corrected chi connectivity index (χ4v) is 5.07. The van der Waals surface area contributed by atoms with Crippen molar-refractivity contribution in [3.63, 3.8) is 0 Å². The predicted octanol–water partition coefficient (Wildman–Crippen LogP) is 5.15. The summed E-state index contributed by atoms with van der Waals surface area (Å²) in [4.78, 5) is 15.9. The maximum absolute atomic E-state index is 8.36. The number of likely N-dealkylation sites (tertiary alicyclic amines) is 1. The lowest BCUT2D eigenvalue weighted by Gasteiger charge is -2.17. The summed E-state index contributed by atoms with van der Waals surface area (Å²) >= 11 is 0. The molecular weight excluding hydrogens is 430 g/mol. The highest BCUT2D eigenvalue weighted by Crippen LogP contribution is 2.44. The van der Waals surface area contributed by atoms with Crippen LogP contribution in [0.4, 0.5) is 5.82 Å². The third kappa shape index (κ3) is 6.53. The molecule has 1 aliphatic heterocycles. The molecule has 0 bridgehead atoms. The van der Waals surface area contributed by atoms with E-state index >= 15 is 0 Å². The number of hydrogen-bond acceptors (Lipinski definition) is 6. The summed E-state index contributed by atoms with van der Waals surface area (Å²) in [6, 6.07) is 4.23. The quantitative estimate of drug-likeness (QED) is 0.366. The van der Waals surface area contributed by atoms with Crippen LogP contribution in [-0.4, -0.2) is 61.4 Å². The molecule has 1 aliphatic carbocycles. The summed E-state index contributed by atoms with van der Waals surface area (Å²) in [5.74, 6) is 2.68. The Bertz CT molecular complexity index is 955. The molecule has 0 radical (unpaired) electrons. The Hall–Kier alpha value is -2.54. The molecule has 1 saturated heterocycles. The van der Waals surface area contributed by atoms with E-state index in [0.717, 1.165) is 61.6 Å². The zero-order valence-electron chi connectivity index (χ0n) is 21.3. The molecule has 0 unspecified atom stereocenters. The van der Waals surface area contributed by atoms with E-state index in [-0.39, 0.29) is 11.9 Å². The Labute approximate surface area is 203 Å². The molecule has 1 fully saturated rings. The SMILES string of the molecule is CCCCNc1nc2cc(OCCCN3CCCC3)c(OC)cc2c2c1CC(C)(C)C2.O=CO. The van der Waals surface area contributed by atoms with Gasteiger partial charge in [0.05, 0.1) is 19.2 Å². The summed E-state index contributed by atoms with van der Waals surface area (Å²) in [5, 5.41) is 11.7. The molecule has 7 nitrogen and oxygen atoms in total. The van der Waals surface area contributed by atoms with E-state index in [1.54, 1.807) is 7.11 Å². The summed E-state index contributed by atoms with van der Waals surface area (Å²) in [6.45, 7) is 11.9. The van der Waals surface area contributed by atoms with Crippen LogP contribution in [-0.2, 0) is 17.6 Å². The van der Waals surface area contributed by atoms with Crippen molar-refractivity contribution >= 4 is 23.2 Å². The van der Waals surface area contributed by atoms with Gasteiger partial charge in [0, 0.05) is 24.5 Å². The third-order valence-corrected chi connectivity index (χ3v) is 6.70. The van der Waals surface area contributed by atoms with Gasteiger partial charge >= 0.3 is 0 Å². The van der Waals surface area contributed by atoms with E-state index in [4.69, 9.17) is 24.4 Å². The highest BCUT2D eigenvalue weighted by molar-refractivity contribution is 5.89. The molecule has 188 valence electrons. The second-order valence-electron chi connectivity index (χ2n) is 10.1. The van der Waals surface area contributed by atoms with E-state index in [2.05, 4.69) is 43.1 Å². The zero-order valence-corrected chi connectivity index (χ0v) is 21.3. The maximum Gasteiger partial charge on any atom is 0.290 e. The number of unbranched alkanes of at least 4 members (excludes halogenated alkanes) is 1. The number of aromatic nitrogens is 1. The fraction of sp³-hybridized carbons (Fsp3) is 0.630. The van der Waals surface area contributed by atoms with Gasteiger partial charge in [0.25, 0.3) is 6.47 Å². The van der Waals surface area contributed by atoms with Crippen LogP contribution in [0.15, 0.2) is 12.1 Å². The van der Waals surface area contributed by atoms with Crippen LogP contribution in [0.3, 0.4) is 0 Å². The second kappa shape index (κ2) is 12.2. The monoisotopic (exact) mass is 471 g/mol. The van der Waals surface area contributed by atoms with Crippen LogP contribution in [0, 0.1) is 5.41 Å². The van der Waals surface area contributed by atoms with Crippen molar-refractivity contribution in [1.82, 2.24) is 9.88 Å². The van der Waals surface area contributed by atoms with Gasteiger partial charge < -0.3 is 24.8 Å². The van der Waals surface area contributed by atoms with Gasteiger partial charge in [0.15, 0.2) is 11.5 Å². The van der Waals surface area contributed by atoms with Crippen molar-refractivity contribution in [3.8, 4) is 11.5 Å². The number of rotatable bonds is 10. The van der Waals surface area contributed by atoms with Crippen LogP contribution in [0.1, 0.15) is 64.0 Å². The van der Waals surface area contributed by atoms with Crippen LogP contribution in [0.25, 0.3) is 10.9 Å². The first-order chi connectivity index (χ1) is 16.4. The first-order valence-corrected chi connectivity index (χ1v) is 12.6. The van der Waals surface area contributed by atoms with E-state index in [0.29, 0.717) is 6.61 Å². The predicted molar refractivity (Wildman–Crippen MR) is 137 cm³/mol. The van der Waals surface area contributed by atoms with Gasteiger partial charge in [-0.15, -0.1) is 0 Å². The number of hydrogen-bond donors (Lipinski definition) is 2. The molecule has 34 heavy (non-hydrogen) atoms.